The molecular weight excluding hydrogens is 340 g/mol. The molecule has 12 aliphatic rings. The summed E-state index contributed by atoms with van der Waals surface area (Å²) in [6.07, 6.45) is 0. The summed E-state index contributed by atoms with van der Waals surface area (Å²) < 4.78 is 0. The zero-order chi connectivity index (χ0) is 17.2. The van der Waals surface area contributed by atoms with Crippen LogP contribution in [0.4, 0.5) is 0 Å². The van der Waals surface area contributed by atoms with E-state index in [0.717, 1.165) is 112 Å². The molecule has 0 N–H and O–H groups in total. The maximum Gasteiger partial charge on any atom is 0.169 e. The summed E-state index contributed by atoms with van der Waals surface area (Å²) >= 11 is 0. The Hall–Kier alpha value is -1.11. The largest absolute Gasteiger partial charge is 0.294 e. The molecule has 12 fully saturated rings. The Morgan fingerprint density at radius 1 is 0.500 bits per heavy atom. The number of Topliss-reactive ketones (excluding diaryl/α,β-unsaturated/α-hetero) is 1. The molecule has 0 spiro atoms. The zero-order valence-corrected chi connectivity index (χ0v) is 15.8. The van der Waals surface area contributed by atoms with Gasteiger partial charge in [-0.15, -0.1) is 0 Å². The highest BCUT2D eigenvalue weighted by Crippen LogP contribution is 3.04. The van der Waals surface area contributed by atoms with E-state index in [1.54, 1.807) is 0 Å². The van der Waals surface area contributed by atoms with E-state index >= 15 is 0 Å². The number of carbonyl (C=O) groups excluding carboxylic acids is 1. The summed E-state index contributed by atoms with van der Waals surface area (Å²) in [6, 6.07) is 10.7. The molecule has 0 amide bonds. The van der Waals surface area contributed by atoms with E-state index in [0.29, 0.717) is 5.78 Å². The van der Waals surface area contributed by atoms with Crippen molar-refractivity contribution < 1.29 is 4.79 Å². The molecule has 1 aromatic carbocycles. The Bertz CT molecular complexity index is 959. The second-order valence-electron chi connectivity index (χ2n) is 13.4. The van der Waals surface area contributed by atoms with Gasteiger partial charge in [0.1, 0.15) is 0 Å². The lowest BCUT2D eigenvalue weighted by molar-refractivity contribution is 0.0494. The van der Waals surface area contributed by atoms with Gasteiger partial charge < -0.3 is 0 Å². The lowest BCUT2D eigenvalue weighted by atomic mass is 9.63. The van der Waals surface area contributed by atoms with Crippen LogP contribution in [-0.4, -0.2) is 5.78 Å². The van der Waals surface area contributed by atoms with Crippen molar-refractivity contribution in [3.63, 3.8) is 0 Å². The van der Waals surface area contributed by atoms with Crippen LogP contribution in [0.1, 0.15) is 10.4 Å². The van der Waals surface area contributed by atoms with E-state index in [2.05, 4.69) is 30.3 Å². The van der Waals surface area contributed by atoms with Crippen molar-refractivity contribution in [1.82, 2.24) is 0 Å². The van der Waals surface area contributed by atoms with E-state index in [4.69, 9.17) is 0 Å². The molecule has 28 heavy (non-hydrogen) atoms. The predicted molar refractivity (Wildman–Crippen MR) is 99.5 cm³/mol. The topological polar surface area (TPSA) is 17.1 Å². The molecule has 0 bridgehead atoms. The second-order valence-corrected chi connectivity index (χ2v) is 13.4. The molecule has 1 heteroatoms. The average molecular weight is 364 g/mol. The van der Waals surface area contributed by atoms with Crippen molar-refractivity contribution in [1.29, 1.82) is 0 Å². The number of benzene rings is 1. The van der Waals surface area contributed by atoms with Gasteiger partial charge in [-0.1, -0.05) is 30.3 Å². The summed E-state index contributed by atoms with van der Waals surface area (Å²) in [4.78, 5) is 14.5. The van der Waals surface area contributed by atoms with Crippen LogP contribution in [0.25, 0.3) is 0 Å². The van der Waals surface area contributed by atoms with Crippen LogP contribution in [-0.2, 0) is 0 Å². The van der Waals surface area contributed by atoms with Gasteiger partial charge in [0.2, 0.25) is 0 Å². The van der Waals surface area contributed by atoms with Gasteiger partial charge in [0, 0.05) is 11.0 Å². The van der Waals surface area contributed by atoms with Crippen molar-refractivity contribution in [3.05, 3.63) is 35.9 Å². The fourth-order valence-electron chi connectivity index (χ4n) is 16.8. The van der Waals surface area contributed by atoms with Crippen molar-refractivity contribution in [2.24, 2.45) is 118 Å². The van der Waals surface area contributed by atoms with Gasteiger partial charge in [-0.05, 0) is 112 Å². The van der Waals surface area contributed by atoms with E-state index in [1.165, 1.54) is 5.92 Å². The fraction of sp³-hybridized carbons (Fsp3) is 0.741. The normalized spacial score (nSPS) is 82.9. The van der Waals surface area contributed by atoms with Crippen LogP contribution in [0, 0.1) is 118 Å². The lowest BCUT2D eigenvalue weighted by Gasteiger charge is -2.38. The molecule has 8 unspecified atom stereocenters. The minimum Gasteiger partial charge on any atom is -0.294 e. The van der Waals surface area contributed by atoms with Gasteiger partial charge in [0.15, 0.2) is 5.78 Å². The summed E-state index contributed by atoms with van der Waals surface area (Å²) in [5.74, 6) is 20.5. The average Bonchev–Trinajstić information content (AvgIpc) is 3.45. The molecule has 1 aromatic rings. The molecule has 12 aliphatic carbocycles. The third-order valence-corrected chi connectivity index (χ3v) is 14.9. The second kappa shape index (κ2) is 3.02. The molecule has 0 saturated heterocycles. The van der Waals surface area contributed by atoms with Gasteiger partial charge in [0.25, 0.3) is 0 Å². The van der Waals surface area contributed by atoms with E-state index in [-0.39, 0.29) is 5.41 Å². The number of hydrogen-bond donors (Lipinski definition) is 0. The minimum absolute atomic E-state index is 0.124. The molecule has 13 rings (SSSR count). The zero-order valence-electron chi connectivity index (χ0n) is 15.8. The predicted octanol–water partition coefficient (Wildman–Crippen LogP) is 3.71. The first-order chi connectivity index (χ1) is 13.9. The smallest absolute Gasteiger partial charge is 0.169 e. The van der Waals surface area contributed by atoms with Crippen LogP contribution >= 0.6 is 0 Å². The Labute approximate surface area is 164 Å². The standard InChI is InChI=1S/C27H24O/c28-26(6-4-2-1-3-5-6)27-23-17-11-8-7-9-13(11)19(23)21-15(9)16-10(7)14-12(8)18(17)24(27)20(14)22(16)25(21)27/h1-5,7-25H/t7?,8?,9?,10?,11-,12-,13-,14+,15+,16+,17-,18+,19+,20+,21-,22-,23?,24?,25?,27?/m0/s1. The maximum atomic E-state index is 14.5. The van der Waals surface area contributed by atoms with Crippen molar-refractivity contribution >= 4 is 5.78 Å². The van der Waals surface area contributed by atoms with Crippen LogP contribution in [0.5, 0.6) is 0 Å². The Balaban J connectivity index is 1.26. The fourth-order valence-corrected chi connectivity index (χ4v) is 16.8. The lowest BCUT2D eigenvalue weighted by Crippen LogP contribution is -2.43. The molecule has 138 valence electrons. The highest BCUT2D eigenvalue weighted by Gasteiger charge is 3.02. The number of rotatable bonds is 2. The molecule has 0 heterocycles. The molecule has 0 aliphatic heterocycles. The molecule has 0 radical (unpaired) electrons. The van der Waals surface area contributed by atoms with E-state index in [1.807, 2.05) is 0 Å². The molecular formula is C27H24O. The van der Waals surface area contributed by atoms with Crippen LogP contribution in [0.2, 0.25) is 0 Å². The first-order valence-corrected chi connectivity index (χ1v) is 12.5. The van der Waals surface area contributed by atoms with Gasteiger partial charge >= 0.3 is 0 Å². The Kier molecular flexibility index (Phi) is 1.35. The monoisotopic (exact) mass is 364 g/mol. The molecule has 1 nitrogen and oxygen atoms in total. The summed E-state index contributed by atoms with van der Waals surface area (Å²) in [6.45, 7) is 0. The van der Waals surface area contributed by atoms with Crippen LogP contribution in [0.3, 0.4) is 0 Å². The van der Waals surface area contributed by atoms with Gasteiger partial charge in [-0.3, -0.25) is 4.79 Å². The maximum absolute atomic E-state index is 14.5. The van der Waals surface area contributed by atoms with Gasteiger partial charge in [0.05, 0.1) is 0 Å². The van der Waals surface area contributed by atoms with Gasteiger partial charge in [-0.2, -0.15) is 0 Å². The van der Waals surface area contributed by atoms with E-state index < -0.39 is 0 Å². The van der Waals surface area contributed by atoms with Gasteiger partial charge in [-0.25, -0.2) is 0 Å². The summed E-state index contributed by atoms with van der Waals surface area (Å²) in [7, 11) is 0. The first-order valence-electron chi connectivity index (χ1n) is 12.5. The molecule has 0 aromatic heterocycles. The first kappa shape index (κ1) is 12.6. The van der Waals surface area contributed by atoms with E-state index in [9.17, 15) is 4.79 Å². The highest BCUT2D eigenvalue weighted by atomic mass is 16.1. The quantitative estimate of drug-likeness (QED) is 0.731. The van der Waals surface area contributed by atoms with Crippen molar-refractivity contribution in [2.75, 3.05) is 0 Å². The SMILES string of the molecule is O=C(c1ccccc1)C12C3[C@@H]4[C@@H]5C6C7C8[C@@H]9[C@@H]6[C@@H]4C1[C@@H]9[C@@H]1C2[C@H]2[C@@H](C7[C@@H]5[C@@H]32)[C@H]81. The highest BCUT2D eigenvalue weighted by molar-refractivity contribution is 6.02. The Morgan fingerprint density at radius 3 is 1.18 bits per heavy atom. The van der Waals surface area contributed by atoms with Crippen LogP contribution in [0.15, 0.2) is 30.3 Å². The van der Waals surface area contributed by atoms with Crippen LogP contribution < -0.4 is 0 Å². The number of hydrogen-bond acceptors (Lipinski definition) is 1. The van der Waals surface area contributed by atoms with Crippen molar-refractivity contribution in [2.45, 2.75) is 0 Å². The minimum atomic E-state index is 0.124. The Morgan fingerprint density at radius 2 is 0.821 bits per heavy atom. The third kappa shape index (κ3) is 0.696. The third-order valence-electron chi connectivity index (χ3n) is 14.9. The summed E-state index contributed by atoms with van der Waals surface area (Å²) in [5.41, 5.74) is 1.21. The number of carbonyl (C=O) groups is 1. The molecule has 12 saturated carbocycles. The van der Waals surface area contributed by atoms with Crippen molar-refractivity contribution in [3.8, 4) is 0 Å². The summed E-state index contributed by atoms with van der Waals surface area (Å²) in [5, 5.41) is 0. The molecule has 20 atom stereocenters. The number of ketones is 1.